The van der Waals surface area contributed by atoms with Gasteiger partial charge in [-0.3, -0.25) is 9.36 Å². The van der Waals surface area contributed by atoms with Crippen molar-refractivity contribution in [1.29, 1.82) is 0 Å². The van der Waals surface area contributed by atoms with Crippen molar-refractivity contribution >= 4 is 46.0 Å². The third kappa shape index (κ3) is 5.95. The molecule has 0 saturated heterocycles. The number of carbonyl (C=O) groups is 1. The third-order valence-corrected chi connectivity index (χ3v) is 8.86. The van der Waals surface area contributed by atoms with Gasteiger partial charge in [0.15, 0.2) is 16.3 Å². The van der Waals surface area contributed by atoms with Crippen LogP contribution in [0.4, 0.5) is 0 Å². The molecule has 10 heteroatoms. The van der Waals surface area contributed by atoms with Crippen LogP contribution in [0.25, 0.3) is 11.8 Å². The number of nitrogens with zero attached hydrogens (tertiary/aromatic N) is 3. The van der Waals surface area contributed by atoms with Gasteiger partial charge in [-0.25, -0.2) is 9.79 Å². The summed E-state index contributed by atoms with van der Waals surface area (Å²) in [5.41, 5.74) is 5.38. The molecular weight excluding hydrogens is 677 g/mol. The molecular formula is C33H34IN3O5S. The first-order chi connectivity index (χ1) is 20.5. The summed E-state index contributed by atoms with van der Waals surface area (Å²) in [5, 5.41) is 0. The maximum Gasteiger partial charge on any atom is 0.338 e. The number of hydrogen-bond donors (Lipinski definition) is 0. The lowest BCUT2D eigenvalue weighted by molar-refractivity contribution is -0.139. The summed E-state index contributed by atoms with van der Waals surface area (Å²) < 4.78 is 22.4. The highest BCUT2D eigenvalue weighted by molar-refractivity contribution is 14.1. The monoisotopic (exact) mass is 711 g/mol. The number of aryl methyl sites for hydroxylation is 1. The van der Waals surface area contributed by atoms with Crippen molar-refractivity contribution in [2.75, 3.05) is 13.7 Å². The van der Waals surface area contributed by atoms with Gasteiger partial charge in [0.2, 0.25) is 0 Å². The minimum absolute atomic E-state index is 0.0536. The van der Waals surface area contributed by atoms with Crippen LogP contribution in [0.3, 0.4) is 0 Å². The van der Waals surface area contributed by atoms with E-state index in [2.05, 4.69) is 65.3 Å². The summed E-state index contributed by atoms with van der Waals surface area (Å²) in [6, 6.07) is 15.1. The van der Waals surface area contributed by atoms with E-state index >= 15 is 0 Å². The fourth-order valence-corrected chi connectivity index (χ4v) is 6.96. The van der Waals surface area contributed by atoms with Crippen LogP contribution in [-0.2, 0) is 9.53 Å². The first-order valence-corrected chi connectivity index (χ1v) is 15.9. The molecule has 224 valence electrons. The van der Waals surface area contributed by atoms with E-state index in [1.807, 2.05) is 44.2 Å². The average Bonchev–Trinajstić information content (AvgIpc) is 3.41. The lowest BCUT2D eigenvalue weighted by Gasteiger charge is -2.25. The van der Waals surface area contributed by atoms with Crippen molar-refractivity contribution in [2.24, 2.45) is 4.99 Å². The number of benzene rings is 2. The molecule has 0 unspecified atom stereocenters. The Morgan fingerprint density at radius 2 is 1.88 bits per heavy atom. The van der Waals surface area contributed by atoms with Crippen LogP contribution in [0.15, 0.2) is 69.6 Å². The Kier molecular flexibility index (Phi) is 8.98. The largest absolute Gasteiger partial charge is 0.493 e. The lowest BCUT2D eigenvalue weighted by Crippen LogP contribution is -2.40. The van der Waals surface area contributed by atoms with Crippen LogP contribution in [0.1, 0.15) is 56.3 Å². The van der Waals surface area contributed by atoms with Crippen LogP contribution >= 0.6 is 33.9 Å². The molecule has 0 bridgehead atoms. The van der Waals surface area contributed by atoms with Gasteiger partial charge >= 0.3 is 5.97 Å². The zero-order valence-electron chi connectivity index (χ0n) is 25.2. The molecule has 1 aliphatic rings. The fourth-order valence-electron chi connectivity index (χ4n) is 5.40. The number of hydrogen-bond acceptors (Lipinski definition) is 7. The van der Waals surface area contributed by atoms with Gasteiger partial charge in [0.25, 0.3) is 5.56 Å². The Hall–Kier alpha value is -3.64. The maximum atomic E-state index is 14.2. The van der Waals surface area contributed by atoms with Gasteiger partial charge in [0, 0.05) is 20.6 Å². The number of aromatic nitrogens is 2. The normalized spacial score (nSPS) is 15.0. The van der Waals surface area contributed by atoms with E-state index in [0.29, 0.717) is 37.7 Å². The van der Waals surface area contributed by atoms with Gasteiger partial charge < -0.3 is 18.8 Å². The van der Waals surface area contributed by atoms with Crippen molar-refractivity contribution in [1.82, 2.24) is 9.13 Å². The molecule has 0 saturated carbocycles. The SMILES string of the molecule is CCOC(=O)C1=C(C)N=c2s/c(=C\c3cc(C)n(-c4cccc(I)c4)c3C)c(=O)n2[C@H]1c1ccc(OC(C)C)c(OC)c1. The van der Waals surface area contributed by atoms with Gasteiger partial charge in [-0.15, -0.1) is 0 Å². The molecule has 8 nitrogen and oxygen atoms in total. The standard InChI is InChI=1S/C33H34IN3O5S/c1-8-41-32(39)29-20(5)35-33-37(30(29)22-12-13-26(42-18(2)3)27(15-22)40-7)31(38)28(43-33)16-23-14-19(4)36(21(23)6)25-11-9-10-24(34)17-25/h9-18,30H,8H2,1-7H3/b28-16-/t30-/m0/s1. The zero-order chi connectivity index (χ0) is 31.0. The Bertz CT molecular complexity index is 1930. The molecule has 4 aromatic rings. The summed E-state index contributed by atoms with van der Waals surface area (Å²) in [4.78, 5) is 32.7. The van der Waals surface area contributed by atoms with Crippen molar-refractivity contribution in [3.63, 3.8) is 0 Å². The van der Waals surface area contributed by atoms with Gasteiger partial charge in [-0.05, 0) is 118 Å². The van der Waals surface area contributed by atoms with Gasteiger partial charge in [0.05, 0.1) is 41.7 Å². The van der Waals surface area contributed by atoms with E-state index in [0.717, 1.165) is 26.2 Å². The van der Waals surface area contributed by atoms with Gasteiger partial charge in [0.1, 0.15) is 0 Å². The second-order valence-corrected chi connectivity index (χ2v) is 12.8. The van der Waals surface area contributed by atoms with E-state index in [1.54, 1.807) is 25.5 Å². The van der Waals surface area contributed by atoms with Crippen molar-refractivity contribution in [2.45, 2.75) is 53.7 Å². The Balaban J connectivity index is 1.69. The van der Waals surface area contributed by atoms with Gasteiger partial charge in [-0.1, -0.05) is 23.5 Å². The van der Waals surface area contributed by atoms with E-state index in [1.165, 1.54) is 11.3 Å². The van der Waals surface area contributed by atoms with Crippen LogP contribution in [0.5, 0.6) is 11.5 Å². The molecule has 0 fully saturated rings. The second kappa shape index (κ2) is 12.5. The van der Waals surface area contributed by atoms with Crippen LogP contribution in [-0.4, -0.2) is 34.9 Å². The molecule has 3 heterocycles. The molecule has 2 aromatic carbocycles. The highest BCUT2D eigenvalue weighted by Crippen LogP contribution is 2.36. The Morgan fingerprint density at radius 1 is 1.12 bits per heavy atom. The number of allylic oxidation sites excluding steroid dienone is 1. The topological polar surface area (TPSA) is 84.1 Å². The number of methoxy groups -OCH3 is 1. The van der Waals surface area contributed by atoms with Crippen molar-refractivity contribution < 1.29 is 19.0 Å². The molecule has 43 heavy (non-hydrogen) atoms. The Labute approximate surface area is 268 Å². The molecule has 1 aliphatic heterocycles. The molecule has 0 aliphatic carbocycles. The van der Waals surface area contributed by atoms with Crippen LogP contribution in [0.2, 0.25) is 0 Å². The molecule has 0 N–H and O–H groups in total. The van der Waals surface area contributed by atoms with E-state index < -0.39 is 12.0 Å². The highest BCUT2D eigenvalue weighted by atomic mass is 127. The number of halogens is 1. The summed E-state index contributed by atoms with van der Waals surface area (Å²) in [6.07, 6.45) is 1.86. The lowest BCUT2D eigenvalue weighted by atomic mass is 9.95. The molecule has 0 spiro atoms. The number of fused-ring (bicyclic) bond motifs is 1. The number of esters is 1. The average molecular weight is 712 g/mol. The molecule has 0 amide bonds. The number of rotatable bonds is 8. The zero-order valence-corrected chi connectivity index (χ0v) is 28.2. The second-order valence-electron chi connectivity index (χ2n) is 10.5. The minimum Gasteiger partial charge on any atom is -0.493 e. The van der Waals surface area contributed by atoms with Crippen LogP contribution < -0.4 is 24.4 Å². The quantitative estimate of drug-likeness (QED) is 0.176. The molecule has 2 aromatic heterocycles. The summed E-state index contributed by atoms with van der Waals surface area (Å²) in [5.74, 6) is 0.579. The maximum absolute atomic E-state index is 14.2. The molecule has 1 atom stereocenters. The fraction of sp³-hybridized carbons (Fsp3) is 0.303. The number of ether oxygens (including phenoxy) is 3. The Morgan fingerprint density at radius 3 is 2.56 bits per heavy atom. The highest BCUT2D eigenvalue weighted by Gasteiger charge is 2.34. The van der Waals surface area contributed by atoms with Gasteiger partial charge in [-0.2, -0.15) is 0 Å². The smallest absolute Gasteiger partial charge is 0.338 e. The third-order valence-electron chi connectivity index (χ3n) is 7.21. The van der Waals surface area contributed by atoms with E-state index in [9.17, 15) is 9.59 Å². The van der Waals surface area contributed by atoms with E-state index in [-0.39, 0.29) is 18.3 Å². The first-order valence-electron chi connectivity index (χ1n) is 14.0. The number of thiazole rings is 1. The summed E-state index contributed by atoms with van der Waals surface area (Å²) >= 11 is 3.62. The molecule has 0 radical (unpaired) electrons. The van der Waals surface area contributed by atoms with Crippen molar-refractivity contribution in [3.8, 4) is 17.2 Å². The summed E-state index contributed by atoms with van der Waals surface area (Å²) in [6.45, 7) is 11.7. The predicted molar refractivity (Wildman–Crippen MR) is 177 cm³/mol. The minimum atomic E-state index is -0.752. The molecule has 5 rings (SSSR count). The summed E-state index contributed by atoms with van der Waals surface area (Å²) in [7, 11) is 1.57. The van der Waals surface area contributed by atoms with Crippen molar-refractivity contribution in [3.05, 3.63) is 106 Å². The number of carbonyl (C=O) groups excluding carboxylic acids is 1. The van der Waals surface area contributed by atoms with E-state index in [4.69, 9.17) is 19.2 Å². The van der Waals surface area contributed by atoms with Crippen LogP contribution in [0, 0.1) is 17.4 Å². The first kappa shape index (κ1) is 30.8. The predicted octanol–water partition coefficient (Wildman–Crippen LogP) is 5.61.